The van der Waals surface area contributed by atoms with E-state index in [-0.39, 0.29) is 12.0 Å². The Hall–Kier alpha value is -0.0800. The number of aliphatic hydroxyl groups is 1. The van der Waals surface area contributed by atoms with Crippen LogP contribution in [0.1, 0.15) is 27.7 Å². The van der Waals surface area contributed by atoms with E-state index >= 15 is 0 Å². The van der Waals surface area contributed by atoms with Crippen LogP contribution >= 0.6 is 0 Å². The number of hydrogen-bond donors (Lipinski definition) is 1. The molecule has 0 aromatic rings. The molecule has 0 saturated heterocycles. The van der Waals surface area contributed by atoms with E-state index in [1.54, 1.807) is 0 Å². The Bertz CT molecular complexity index is 69.3. The lowest BCUT2D eigenvalue weighted by Gasteiger charge is -2.17. The van der Waals surface area contributed by atoms with Gasteiger partial charge in [-0.05, 0) is 13.8 Å². The van der Waals surface area contributed by atoms with Gasteiger partial charge >= 0.3 is 0 Å². The third kappa shape index (κ3) is 4.43. The zero-order chi connectivity index (χ0) is 7.44. The fourth-order valence-corrected chi connectivity index (χ4v) is 0.436. The van der Waals surface area contributed by atoms with Gasteiger partial charge in [0.15, 0.2) is 6.29 Å². The highest BCUT2D eigenvalue weighted by atomic mass is 16.6. The molecule has 56 valence electrons. The van der Waals surface area contributed by atoms with Crippen LogP contribution in [0.5, 0.6) is 0 Å². The van der Waals surface area contributed by atoms with Crippen molar-refractivity contribution in [3.63, 3.8) is 0 Å². The summed E-state index contributed by atoms with van der Waals surface area (Å²) >= 11 is 0. The zero-order valence-electron chi connectivity index (χ0n) is 6.59. The monoisotopic (exact) mass is 132 g/mol. The number of hydrogen-bond acceptors (Lipinski definition) is 2. The van der Waals surface area contributed by atoms with E-state index < -0.39 is 6.29 Å². The molecule has 0 aliphatic rings. The van der Waals surface area contributed by atoms with E-state index in [0.29, 0.717) is 0 Å². The van der Waals surface area contributed by atoms with E-state index in [2.05, 4.69) is 0 Å². The Morgan fingerprint density at radius 1 is 1.11 bits per heavy atom. The Kier molecular flexibility index (Phi) is 3.82. The molecule has 0 rings (SSSR count). The highest BCUT2D eigenvalue weighted by molar-refractivity contribution is 4.48. The maximum Gasteiger partial charge on any atom is 0.157 e. The molecule has 0 unspecified atom stereocenters. The van der Waals surface area contributed by atoms with Crippen LogP contribution in [-0.4, -0.2) is 17.5 Å². The van der Waals surface area contributed by atoms with Crippen LogP contribution < -0.4 is 0 Å². The Labute approximate surface area is 56.8 Å². The molecule has 2 heteroatoms. The highest BCUT2D eigenvalue weighted by Crippen LogP contribution is 2.04. The quantitative estimate of drug-likeness (QED) is 0.588. The lowest BCUT2D eigenvalue weighted by Crippen LogP contribution is -2.22. The van der Waals surface area contributed by atoms with Crippen molar-refractivity contribution in [1.29, 1.82) is 0 Å². The first-order chi connectivity index (χ1) is 4.04. The largest absolute Gasteiger partial charge is 0.368 e. The van der Waals surface area contributed by atoms with Crippen LogP contribution in [0.15, 0.2) is 0 Å². The average Bonchev–Trinajstić information content (AvgIpc) is 1.63. The smallest absolute Gasteiger partial charge is 0.157 e. The lowest BCUT2D eigenvalue weighted by molar-refractivity contribution is -0.149. The van der Waals surface area contributed by atoms with Crippen molar-refractivity contribution in [3.8, 4) is 0 Å². The van der Waals surface area contributed by atoms with Crippen molar-refractivity contribution in [3.05, 3.63) is 0 Å². The van der Waals surface area contributed by atoms with Crippen LogP contribution in [0.4, 0.5) is 0 Å². The summed E-state index contributed by atoms with van der Waals surface area (Å²) in [7, 11) is 0. The third-order valence-corrected chi connectivity index (χ3v) is 0.982. The maximum atomic E-state index is 9.07. The minimum absolute atomic E-state index is 0.113. The molecule has 0 aliphatic heterocycles. The zero-order valence-corrected chi connectivity index (χ0v) is 6.59. The molecule has 0 spiro atoms. The summed E-state index contributed by atoms with van der Waals surface area (Å²) < 4.78 is 5.07. The fraction of sp³-hybridized carbons (Fsp3) is 1.00. The summed E-state index contributed by atoms with van der Waals surface area (Å²) in [5, 5.41) is 9.07. The van der Waals surface area contributed by atoms with Gasteiger partial charge in [-0.15, -0.1) is 0 Å². The standard InChI is InChI=1S/C7H16O2/c1-5(2)7(8)9-6(3)4/h5-8H,1-4H3/t7-/m1/s1. The molecule has 0 aliphatic carbocycles. The van der Waals surface area contributed by atoms with Crippen molar-refractivity contribution in [1.82, 2.24) is 0 Å². The van der Waals surface area contributed by atoms with Gasteiger partial charge in [0, 0.05) is 5.92 Å². The predicted molar refractivity (Wildman–Crippen MR) is 37.1 cm³/mol. The van der Waals surface area contributed by atoms with Gasteiger partial charge in [0.05, 0.1) is 6.10 Å². The third-order valence-electron chi connectivity index (χ3n) is 0.982. The molecule has 0 radical (unpaired) electrons. The van der Waals surface area contributed by atoms with E-state index in [0.717, 1.165) is 0 Å². The number of aliphatic hydroxyl groups excluding tert-OH is 1. The molecule has 1 atom stereocenters. The first kappa shape index (κ1) is 8.92. The molecule has 0 heterocycles. The second kappa shape index (κ2) is 3.85. The molecule has 0 aromatic heterocycles. The van der Waals surface area contributed by atoms with Gasteiger partial charge in [0.2, 0.25) is 0 Å². The molecule has 1 N–H and O–H groups in total. The highest BCUT2D eigenvalue weighted by Gasteiger charge is 2.09. The maximum absolute atomic E-state index is 9.07. The van der Waals surface area contributed by atoms with Gasteiger partial charge in [-0.3, -0.25) is 0 Å². The molecule has 0 saturated carbocycles. The van der Waals surface area contributed by atoms with Crippen molar-refractivity contribution in [2.75, 3.05) is 0 Å². The van der Waals surface area contributed by atoms with Gasteiger partial charge in [0.25, 0.3) is 0 Å². The van der Waals surface area contributed by atoms with E-state index in [4.69, 9.17) is 9.84 Å². The summed E-state index contributed by atoms with van der Waals surface area (Å²) in [6.07, 6.45) is -0.493. The second-order valence-corrected chi connectivity index (χ2v) is 2.82. The number of ether oxygens (including phenoxy) is 1. The van der Waals surface area contributed by atoms with Gasteiger partial charge < -0.3 is 9.84 Å². The summed E-state index contributed by atoms with van der Waals surface area (Å²) in [6, 6.07) is 0. The predicted octanol–water partition coefficient (Wildman–Crippen LogP) is 1.39. The number of rotatable bonds is 3. The van der Waals surface area contributed by atoms with Crippen molar-refractivity contribution in [2.24, 2.45) is 5.92 Å². The molecule has 0 amide bonds. The molecule has 0 bridgehead atoms. The van der Waals surface area contributed by atoms with Crippen LogP contribution in [-0.2, 0) is 4.74 Å². The van der Waals surface area contributed by atoms with E-state index in [9.17, 15) is 0 Å². The van der Waals surface area contributed by atoms with Crippen LogP contribution in [0.3, 0.4) is 0 Å². The van der Waals surface area contributed by atoms with Gasteiger partial charge in [-0.2, -0.15) is 0 Å². The topological polar surface area (TPSA) is 29.5 Å². The van der Waals surface area contributed by atoms with E-state index in [1.165, 1.54) is 0 Å². The first-order valence-corrected chi connectivity index (χ1v) is 3.37. The summed E-state index contributed by atoms with van der Waals surface area (Å²) in [5.41, 5.74) is 0. The molecule has 9 heavy (non-hydrogen) atoms. The average molecular weight is 132 g/mol. The van der Waals surface area contributed by atoms with Gasteiger partial charge in [0.1, 0.15) is 0 Å². The second-order valence-electron chi connectivity index (χ2n) is 2.82. The van der Waals surface area contributed by atoms with Crippen LogP contribution in [0.25, 0.3) is 0 Å². The lowest BCUT2D eigenvalue weighted by atomic mass is 10.2. The Morgan fingerprint density at radius 2 is 1.56 bits per heavy atom. The minimum atomic E-state index is -0.606. The van der Waals surface area contributed by atoms with Gasteiger partial charge in [-0.25, -0.2) is 0 Å². The molecule has 0 aromatic carbocycles. The molecular weight excluding hydrogens is 116 g/mol. The normalized spacial score (nSPS) is 15.0. The van der Waals surface area contributed by atoms with E-state index in [1.807, 2.05) is 27.7 Å². The van der Waals surface area contributed by atoms with Crippen molar-refractivity contribution < 1.29 is 9.84 Å². The van der Waals surface area contributed by atoms with Gasteiger partial charge in [-0.1, -0.05) is 13.8 Å². The van der Waals surface area contributed by atoms with Crippen molar-refractivity contribution >= 4 is 0 Å². The summed E-state index contributed by atoms with van der Waals surface area (Å²) in [4.78, 5) is 0. The van der Waals surface area contributed by atoms with Crippen LogP contribution in [0, 0.1) is 5.92 Å². The first-order valence-electron chi connectivity index (χ1n) is 3.37. The Morgan fingerprint density at radius 3 is 1.67 bits per heavy atom. The molecule has 2 nitrogen and oxygen atoms in total. The van der Waals surface area contributed by atoms with Crippen molar-refractivity contribution in [2.45, 2.75) is 40.1 Å². The van der Waals surface area contributed by atoms with Crippen LogP contribution in [0.2, 0.25) is 0 Å². The SMILES string of the molecule is CC(C)O[C@@H](O)C(C)C. The Balaban J connectivity index is 3.38. The summed E-state index contributed by atoms with van der Waals surface area (Å²) in [6.45, 7) is 7.66. The molecule has 0 fully saturated rings. The minimum Gasteiger partial charge on any atom is -0.368 e. The fourth-order valence-electron chi connectivity index (χ4n) is 0.436. The summed E-state index contributed by atoms with van der Waals surface area (Å²) in [5.74, 6) is 0.187. The molecular formula is C7H16O2.